The Hall–Kier alpha value is -1.42. The summed E-state index contributed by atoms with van der Waals surface area (Å²) in [6.45, 7) is 2.58. The zero-order chi connectivity index (χ0) is 11.7. The van der Waals surface area contributed by atoms with Gasteiger partial charge in [-0.25, -0.2) is 4.39 Å². The summed E-state index contributed by atoms with van der Waals surface area (Å²) in [4.78, 5) is 11.0. The number of aliphatic carboxylic acids is 1. The van der Waals surface area contributed by atoms with E-state index < -0.39 is 17.8 Å². The third-order valence-electron chi connectivity index (χ3n) is 3.04. The van der Waals surface area contributed by atoms with Crippen LogP contribution in [0.1, 0.15) is 29.7 Å². The average Bonchev–Trinajstić information content (AvgIpc) is 2.29. The van der Waals surface area contributed by atoms with Crippen molar-refractivity contribution in [1.29, 1.82) is 0 Å². The van der Waals surface area contributed by atoms with Crippen molar-refractivity contribution in [2.45, 2.75) is 25.8 Å². The molecule has 1 aromatic carbocycles. The van der Waals surface area contributed by atoms with Crippen LogP contribution in [0.15, 0.2) is 12.1 Å². The molecule has 1 atom stereocenters. The highest BCUT2D eigenvalue weighted by molar-refractivity contribution is 5.77. The smallest absolute Gasteiger partial charge is 0.325 e. The number of carboxylic acids is 1. The Balaban J connectivity index is 2.58. The van der Waals surface area contributed by atoms with Gasteiger partial charge in [-0.15, -0.1) is 0 Å². The monoisotopic (exact) mass is 223 g/mol. The molecule has 4 heteroatoms. The predicted octanol–water partition coefficient (Wildman–Crippen LogP) is 1.66. The van der Waals surface area contributed by atoms with E-state index in [9.17, 15) is 9.18 Å². The first-order chi connectivity index (χ1) is 7.65. The van der Waals surface area contributed by atoms with E-state index in [1.807, 2.05) is 6.92 Å². The van der Waals surface area contributed by atoms with Crippen molar-refractivity contribution in [2.75, 3.05) is 6.54 Å². The van der Waals surface area contributed by atoms with E-state index in [0.29, 0.717) is 18.5 Å². The molecule has 0 aromatic heterocycles. The molecule has 0 amide bonds. The van der Waals surface area contributed by atoms with Gasteiger partial charge in [0.15, 0.2) is 0 Å². The number of rotatable bonds is 2. The van der Waals surface area contributed by atoms with Gasteiger partial charge in [0.05, 0.1) is 0 Å². The normalized spacial score (nSPS) is 19.2. The van der Waals surface area contributed by atoms with Gasteiger partial charge >= 0.3 is 5.97 Å². The first-order valence-corrected chi connectivity index (χ1v) is 5.41. The van der Waals surface area contributed by atoms with Crippen molar-refractivity contribution in [3.8, 4) is 0 Å². The van der Waals surface area contributed by atoms with Crippen molar-refractivity contribution < 1.29 is 14.3 Å². The molecule has 0 spiro atoms. The van der Waals surface area contributed by atoms with Crippen molar-refractivity contribution in [1.82, 2.24) is 5.32 Å². The molecule has 0 aliphatic carbocycles. The highest BCUT2D eigenvalue weighted by atomic mass is 19.1. The van der Waals surface area contributed by atoms with Gasteiger partial charge in [-0.2, -0.15) is 0 Å². The number of carboxylic acid groups (broad SMARTS) is 1. The van der Waals surface area contributed by atoms with Gasteiger partial charge in [0, 0.05) is 12.1 Å². The number of aryl methyl sites for hydroxylation is 1. The minimum atomic E-state index is -1.02. The van der Waals surface area contributed by atoms with E-state index in [2.05, 4.69) is 5.32 Å². The summed E-state index contributed by atoms with van der Waals surface area (Å²) in [5.74, 6) is -1.44. The van der Waals surface area contributed by atoms with Gasteiger partial charge in [-0.3, -0.25) is 4.79 Å². The Morgan fingerprint density at radius 2 is 2.38 bits per heavy atom. The molecule has 2 rings (SSSR count). The number of nitrogens with one attached hydrogen (secondary N) is 1. The maximum Gasteiger partial charge on any atom is 0.325 e. The van der Waals surface area contributed by atoms with E-state index in [0.717, 1.165) is 17.5 Å². The fourth-order valence-corrected chi connectivity index (χ4v) is 2.27. The van der Waals surface area contributed by atoms with Crippen LogP contribution in [0.3, 0.4) is 0 Å². The lowest BCUT2D eigenvalue weighted by molar-refractivity contribution is -0.139. The summed E-state index contributed by atoms with van der Waals surface area (Å²) in [5, 5.41) is 11.9. The lowest BCUT2D eigenvalue weighted by atomic mass is 9.89. The van der Waals surface area contributed by atoms with Gasteiger partial charge in [0.1, 0.15) is 11.9 Å². The maximum absolute atomic E-state index is 13.7. The minimum absolute atomic E-state index is 0.318. The Bertz CT molecular complexity index is 431. The first-order valence-electron chi connectivity index (χ1n) is 5.41. The molecule has 1 aromatic rings. The Morgan fingerprint density at radius 1 is 1.62 bits per heavy atom. The first kappa shape index (κ1) is 11.1. The summed E-state index contributed by atoms with van der Waals surface area (Å²) in [6, 6.07) is 2.20. The zero-order valence-corrected chi connectivity index (χ0v) is 9.09. The fraction of sp³-hybridized carbons (Fsp3) is 0.417. The molecule has 3 nitrogen and oxygen atoms in total. The third-order valence-corrected chi connectivity index (χ3v) is 3.04. The van der Waals surface area contributed by atoms with Gasteiger partial charge < -0.3 is 10.4 Å². The fourth-order valence-electron chi connectivity index (χ4n) is 2.27. The molecular weight excluding hydrogens is 209 g/mol. The van der Waals surface area contributed by atoms with Crippen molar-refractivity contribution in [3.63, 3.8) is 0 Å². The molecule has 0 saturated carbocycles. The summed E-state index contributed by atoms with van der Waals surface area (Å²) in [6.07, 6.45) is 1.50. The number of halogens is 1. The van der Waals surface area contributed by atoms with Crippen molar-refractivity contribution >= 4 is 5.97 Å². The van der Waals surface area contributed by atoms with Crippen LogP contribution in [0.4, 0.5) is 4.39 Å². The average molecular weight is 223 g/mol. The van der Waals surface area contributed by atoms with Crippen molar-refractivity contribution in [2.24, 2.45) is 0 Å². The van der Waals surface area contributed by atoms with E-state index in [1.54, 1.807) is 6.07 Å². The van der Waals surface area contributed by atoms with Crippen LogP contribution in [0.25, 0.3) is 0 Å². The van der Waals surface area contributed by atoms with Crippen LogP contribution < -0.4 is 5.32 Å². The number of carbonyl (C=O) groups is 1. The largest absolute Gasteiger partial charge is 0.480 e. The highest BCUT2D eigenvalue weighted by Crippen LogP contribution is 2.29. The standard InChI is InChI=1S/C12H14FNO2/c1-2-7-3-4-9(13)10-8(7)5-6-14-11(10)12(15)16/h3-4,11,14H,2,5-6H2,1H3,(H,15,16). The number of hydrogen-bond donors (Lipinski definition) is 2. The molecule has 1 heterocycles. The molecule has 1 aliphatic heterocycles. The molecule has 1 unspecified atom stereocenters. The van der Waals surface area contributed by atoms with E-state index in [4.69, 9.17) is 5.11 Å². The summed E-state index contributed by atoms with van der Waals surface area (Å²) < 4.78 is 13.7. The molecule has 2 N–H and O–H groups in total. The Morgan fingerprint density at radius 3 is 3.00 bits per heavy atom. The third kappa shape index (κ3) is 1.69. The van der Waals surface area contributed by atoms with Gasteiger partial charge in [-0.1, -0.05) is 13.0 Å². The Labute approximate surface area is 93.3 Å². The summed E-state index contributed by atoms with van der Waals surface area (Å²) in [7, 11) is 0. The van der Waals surface area contributed by atoms with Gasteiger partial charge in [-0.05, 0) is 30.0 Å². The molecule has 0 bridgehead atoms. The van der Waals surface area contributed by atoms with E-state index in [1.165, 1.54) is 6.07 Å². The van der Waals surface area contributed by atoms with Crippen LogP contribution >= 0.6 is 0 Å². The molecule has 1 aliphatic rings. The molecule has 0 fully saturated rings. The molecular formula is C12H14FNO2. The zero-order valence-electron chi connectivity index (χ0n) is 9.09. The second-order valence-electron chi connectivity index (χ2n) is 3.93. The predicted molar refractivity (Wildman–Crippen MR) is 57.9 cm³/mol. The quantitative estimate of drug-likeness (QED) is 0.801. The SMILES string of the molecule is CCc1ccc(F)c2c1CCNC2C(=O)O. The molecule has 0 radical (unpaired) electrons. The van der Waals surface area contributed by atoms with Crippen LogP contribution in [0.5, 0.6) is 0 Å². The van der Waals surface area contributed by atoms with Crippen LogP contribution in [0, 0.1) is 5.82 Å². The second-order valence-corrected chi connectivity index (χ2v) is 3.93. The number of fused-ring (bicyclic) bond motifs is 1. The summed E-state index contributed by atoms with van der Waals surface area (Å²) in [5.41, 5.74) is 2.23. The van der Waals surface area contributed by atoms with Crippen molar-refractivity contribution in [3.05, 3.63) is 34.6 Å². The topological polar surface area (TPSA) is 49.3 Å². The maximum atomic E-state index is 13.7. The molecule has 86 valence electrons. The molecule has 16 heavy (non-hydrogen) atoms. The van der Waals surface area contributed by atoms with Gasteiger partial charge in [0.25, 0.3) is 0 Å². The number of benzene rings is 1. The van der Waals surface area contributed by atoms with Crippen LogP contribution in [-0.2, 0) is 17.6 Å². The Kier molecular flexibility index (Phi) is 2.92. The lowest BCUT2D eigenvalue weighted by Gasteiger charge is -2.26. The molecule has 0 saturated heterocycles. The van der Waals surface area contributed by atoms with E-state index >= 15 is 0 Å². The van der Waals surface area contributed by atoms with Gasteiger partial charge in [0.2, 0.25) is 0 Å². The summed E-state index contributed by atoms with van der Waals surface area (Å²) >= 11 is 0. The minimum Gasteiger partial charge on any atom is -0.480 e. The van der Waals surface area contributed by atoms with Crippen LogP contribution in [0.2, 0.25) is 0 Å². The number of hydrogen-bond acceptors (Lipinski definition) is 2. The lowest BCUT2D eigenvalue weighted by Crippen LogP contribution is -2.36. The highest BCUT2D eigenvalue weighted by Gasteiger charge is 2.29. The second kappa shape index (κ2) is 4.22. The van der Waals surface area contributed by atoms with E-state index in [-0.39, 0.29) is 0 Å². The van der Waals surface area contributed by atoms with Crippen LogP contribution in [-0.4, -0.2) is 17.6 Å².